The Balaban J connectivity index is 1.97. The smallest absolute Gasteiger partial charge is 0.0721 e. The van der Waals surface area contributed by atoms with E-state index in [1.807, 2.05) is 0 Å². The van der Waals surface area contributed by atoms with Crippen LogP contribution >= 0.6 is 0 Å². The normalized spacial score (nSPS) is 38.7. The molecule has 0 unspecified atom stereocenters. The van der Waals surface area contributed by atoms with Crippen molar-refractivity contribution in [1.29, 1.82) is 0 Å². The number of rotatable bonds is 0. The van der Waals surface area contributed by atoms with E-state index < -0.39 is 0 Å². The van der Waals surface area contributed by atoms with Crippen LogP contribution in [0.3, 0.4) is 0 Å². The van der Waals surface area contributed by atoms with Crippen LogP contribution in [-0.4, -0.2) is 26.4 Å². The highest BCUT2D eigenvalue weighted by Crippen LogP contribution is 2.34. The number of hydrogen-bond donors (Lipinski definition) is 0. The van der Waals surface area contributed by atoms with E-state index in [1.54, 1.807) is 0 Å². The topological polar surface area (TPSA) is 18.5 Å². The summed E-state index contributed by atoms with van der Waals surface area (Å²) < 4.78 is 10.8. The van der Waals surface area contributed by atoms with Gasteiger partial charge in [0, 0.05) is 11.8 Å². The van der Waals surface area contributed by atoms with Gasteiger partial charge in [-0.25, -0.2) is 0 Å². The number of ether oxygens (including phenoxy) is 2. The molecule has 1 aliphatic carbocycles. The molecule has 0 aromatic carbocycles. The molecule has 0 radical (unpaired) electrons. The summed E-state index contributed by atoms with van der Waals surface area (Å²) in [5.41, 5.74) is 2.81. The van der Waals surface area contributed by atoms with E-state index in [2.05, 4.69) is 12.2 Å². The third kappa shape index (κ3) is 0.883. The summed E-state index contributed by atoms with van der Waals surface area (Å²) in [6.45, 7) is 3.43. The molecule has 64 valence electrons. The van der Waals surface area contributed by atoms with E-state index in [0.717, 1.165) is 26.4 Å². The van der Waals surface area contributed by atoms with Crippen LogP contribution in [0.1, 0.15) is 0 Å². The first kappa shape index (κ1) is 6.87. The second-order valence-corrected chi connectivity index (χ2v) is 3.74. The van der Waals surface area contributed by atoms with Crippen molar-refractivity contribution in [2.24, 2.45) is 11.8 Å². The van der Waals surface area contributed by atoms with Crippen molar-refractivity contribution >= 4 is 0 Å². The lowest BCUT2D eigenvalue weighted by atomic mass is 9.85. The molecule has 0 aromatic rings. The van der Waals surface area contributed by atoms with Crippen LogP contribution in [-0.2, 0) is 9.47 Å². The minimum atomic E-state index is 0.630. The van der Waals surface area contributed by atoms with Gasteiger partial charge in [-0.05, 0) is 11.1 Å². The average molecular weight is 164 g/mol. The van der Waals surface area contributed by atoms with Crippen molar-refractivity contribution < 1.29 is 9.47 Å². The Labute approximate surface area is 71.9 Å². The molecule has 0 aromatic heterocycles. The van der Waals surface area contributed by atoms with E-state index >= 15 is 0 Å². The largest absolute Gasteiger partial charge is 0.380 e. The fourth-order valence-corrected chi connectivity index (χ4v) is 2.21. The van der Waals surface area contributed by atoms with E-state index in [-0.39, 0.29) is 0 Å². The van der Waals surface area contributed by atoms with Gasteiger partial charge >= 0.3 is 0 Å². The van der Waals surface area contributed by atoms with E-state index in [9.17, 15) is 0 Å². The Bertz CT molecular complexity index is 239. The molecule has 0 N–H and O–H groups in total. The van der Waals surface area contributed by atoms with Crippen LogP contribution in [0.15, 0.2) is 23.3 Å². The molecule has 3 rings (SSSR count). The number of fused-ring (bicyclic) bond motifs is 2. The highest BCUT2D eigenvalue weighted by Gasteiger charge is 2.31. The second kappa shape index (κ2) is 2.44. The maximum Gasteiger partial charge on any atom is 0.0721 e. The van der Waals surface area contributed by atoms with Gasteiger partial charge < -0.3 is 9.47 Å². The lowest BCUT2D eigenvalue weighted by molar-refractivity contribution is 0.186. The first-order valence-corrected chi connectivity index (χ1v) is 4.51. The molecule has 0 amide bonds. The molecule has 0 bridgehead atoms. The van der Waals surface area contributed by atoms with E-state index in [1.165, 1.54) is 11.1 Å². The predicted octanol–water partition coefficient (Wildman–Crippen LogP) is 1.15. The molecule has 2 heteroatoms. The van der Waals surface area contributed by atoms with Crippen LogP contribution in [0.25, 0.3) is 0 Å². The van der Waals surface area contributed by atoms with Crippen LogP contribution in [0.4, 0.5) is 0 Å². The van der Waals surface area contributed by atoms with Crippen LogP contribution in [0.5, 0.6) is 0 Å². The second-order valence-electron chi connectivity index (χ2n) is 3.74. The standard InChI is InChI=1S/C10H12O2/c1-7-3-11-5-9(7)2-10-6-12-4-8(1)10/h1-2,7,9H,3-6H2/t7-,9+. The molecular weight excluding hydrogens is 152 g/mol. The zero-order valence-electron chi connectivity index (χ0n) is 6.95. The molecular formula is C10H12O2. The Morgan fingerprint density at radius 2 is 1.50 bits per heavy atom. The van der Waals surface area contributed by atoms with Crippen LogP contribution in [0, 0.1) is 11.8 Å². The molecule has 2 saturated heterocycles. The minimum absolute atomic E-state index is 0.630. The fourth-order valence-electron chi connectivity index (χ4n) is 2.21. The monoisotopic (exact) mass is 164 g/mol. The Hall–Kier alpha value is -0.600. The van der Waals surface area contributed by atoms with Gasteiger partial charge in [-0.2, -0.15) is 0 Å². The van der Waals surface area contributed by atoms with Gasteiger partial charge in [0.2, 0.25) is 0 Å². The van der Waals surface area contributed by atoms with Gasteiger partial charge in [0.25, 0.3) is 0 Å². The zero-order valence-corrected chi connectivity index (χ0v) is 6.95. The number of hydrogen-bond acceptors (Lipinski definition) is 2. The Morgan fingerprint density at radius 3 is 2.08 bits per heavy atom. The van der Waals surface area contributed by atoms with E-state index in [4.69, 9.17) is 9.47 Å². The van der Waals surface area contributed by atoms with Crippen LogP contribution in [0.2, 0.25) is 0 Å². The van der Waals surface area contributed by atoms with Crippen molar-refractivity contribution in [3.63, 3.8) is 0 Å². The maximum atomic E-state index is 5.43. The summed E-state index contributed by atoms with van der Waals surface area (Å²) in [5, 5.41) is 0. The van der Waals surface area contributed by atoms with Gasteiger partial charge in [-0.3, -0.25) is 0 Å². The summed E-state index contributed by atoms with van der Waals surface area (Å²) >= 11 is 0. The lowest BCUT2D eigenvalue weighted by Crippen LogP contribution is -2.13. The van der Waals surface area contributed by atoms with Crippen molar-refractivity contribution in [1.82, 2.24) is 0 Å². The SMILES string of the molecule is C1=C2COCC2=C[C@H]2COC[C@@H]12. The third-order valence-electron chi connectivity index (χ3n) is 2.93. The van der Waals surface area contributed by atoms with Gasteiger partial charge in [0.15, 0.2) is 0 Å². The molecule has 2 atom stereocenters. The molecule has 2 nitrogen and oxygen atoms in total. The first-order valence-electron chi connectivity index (χ1n) is 4.51. The van der Waals surface area contributed by atoms with Gasteiger partial charge in [0.1, 0.15) is 0 Å². The molecule has 0 spiro atoms. The average Bonchev–Trinajstić information content (AvgIpc) is 2.64. The summed E-state index contributed by atoms with van der Waals surface area (Å²) in [4.78, 5) is 0. The first-order chi connectivity index (χ1) is 5.93. The molecule has 3 aliphatic rings. The Morgan fingerprint density at radius 1 is 0.917 bits per heavy atom. The van der Waals surface area contributed by atoms with E-state index in [0.29, 0.717) is 11.8 Å². The zero-order chi connectivity index (χ0) is 7.97. The third-order valence-corrected chi connectivity index (χ3v) is 2.93. The minimum Gasteiger partial charge on any atom is -0.380 e. The molecule has 2 heterocycles. The van der Waals surface area contributed by atoms with Crippen molar-refractivity contribution in [2.75, 3.05) is 26.4 Å². The van der Waals surface area contributed by atoms with Crippen LogP contribution < -0.4 is 0 Å². The fraction of sp³-hybridized carbons (Fsp3) is 0.600. The maximum absolute atomic E-state index is 5.43. The molecule has 2 aliphatic heterocycles. The van der Waals surface area contributed by atoms with Crippen molar-refractivity contribution in [3.8, 4) is 0 Å². The summed E-state index contributed by atoms with van der Waals surface area (Å²) in [7, 11) is 0. The lowest BCUT2D eigenvalue weighted by Gasteiger charge is -2.17. The summed E-state index contributed by atoms with van der Waals surface area (Å²) in [6, 6.07) is 0. The Kier molecular flexibility index (Phi) is 1.40. The van der Waals surface area contributed by atoms with Gasteiger partial charge in [-0.1, -0.05) is 12.2 Å². The predicted molar refractivity (Wildman–Crippen MR) is 44.8 cm³/mol. The summed E-state index contributed by atoms with van der Waals surface area (Å²) in [5.74, 6) is 1.26. The quantitative estimate of drug-likeness (QED) is 0.534. The van der Waals surface area contributed by atoms with Gasteiger partial charge in [0.05, 0.1) is 26.4 Å². The molecule has 12 heavy (non-hydrogen) atoms. The molecule has 2 fully saturated rings. The highest BCUT2D eigenvalue weighted by atomic mass is 16.5. The van der Waals surface area contributed by atoms with Crippen molar-refractivity contribution in [3.05, 3.63) is 23.3 Å². The van der Waals surface area contributed by atoms with Crippen molar-refractivity contribution in [2.45, 2.75) is 0 Å². The van der Waals surface area contributed by atoms with Gasteiger partial charge in [-0.15, -0.1) is 0 Å². The molecule has 0 saturated carbocycles. The highest BCUT2D eigenvalue weighted by molar-refractivity contribution is 5.39. The summed E-state index contributed by atoms with van der Waals surface area (Å²) in [6.07, 6.45) is 4.69.